The van der Waals surface area contributed by atoms with Crippen molar-refractivity contribution in [2.75, 3.05) is 20.1 Å². The number of hydrogen-bond donors (Lipinski definition) is 1. The molecule has 1 aliphatic heterocycles. The van der Waals surface area contributed by atoms with Crippen LogP contribution >= 0.6 is 31.9 Å². The van der Waals surface area contributed by atoms with Crippen LogP contribution in [0.2, 0.25) is 0 Å². The molecule has 19 heavy (non-hydrogen) atoms. The average molecular weight is 412 g/mol. The van der Waals surface area contributed by atoms with Gasteiger partial charge < -0.3 is 5.32 Å². The molecule has 7 heteroatoms. The number of hydrogen-bond acceptors (Lipinski definition) is 3. The van der Waals surface area contributed by atoms with Gasteiger partial charge in [-0.15, -0.1) is 0 Å². The molecule has 106 valence electrons. The predicted octanol–water partition coefficient (Wildman–Crippen LogP) is 2.58. The Morgan fingerprint density at radius 2 is 2.11 bits per heavy atom. The van der Waals surface area contributed by atoms with E-state index in [2.05, 4.69) is 37.2 Å². The number of likely N-dealkylation sites (N-methyl/N-ethyl adjacent to an activating group) is 1. The van der Waals surface area contributed by atoms with Crippen molar-refractivity contribution in [1.29, 1.82) is 0 Å². The highest BCUT2D eigenvalue weighted by Gasteiger charge is 2.30. The van der Waals surface area contributed by atoms with Crippen LogP contribution in [0.25, 0.3) is 0 Å². The molecule has 0 aliphatic carbocycles. The Morgan fingerprint density at radius 1 is 1.37 bits per heavy atom. The largest absolute Gasteiger partial charge is 0.315 e. The zero-order valence-electron chi connectivity index (χ0n) is 10.6. The summed E-state index contributed by atoms with van der Waals surface area (Å²) in [6, 6.07) is 5.20. The lowest BCUT2D eigenvalue weighted by molar-refractivity contribution is 0.300. The summed E-state index contributed by atoms with van der Waals surface area (Å²) in [5.41, 5.74) is 0. The highest BCUT2D eigenvalue weighted by Crippen LogP contribution is 2.29. The summed E-state index contributed by atoms with van der Waals surface area (Å²) in [5.74, 6) is 0. The van der Waals surface area contributed by atoms with Crippen molar-refractivity contribution in [3.8, 4) is 0 Å². The maximum atomic E-state index is 12.7. The second-order valence-electron chi connectivity index (χ2n) is 4.60. The molecule has 0 aromatic heterocycles. The molecule has 2 rings (SSSR count). The molecule has 0 amide bonds. The second-order valence-corrected chi connectivity index (χ2v) is 8.33. The number of piperidine rings is 1. The third-order valence-corrected chi connectivity index (χ3v) is 6.73. The Morgan fingerprint density at radius 3 is 2.74 bits per heavy atom. The summed E-state index contributed by atoms with van der Waals surface area (Å²) in [5, 5.41) is 3.24. The minimum atomic E-state index is -3.48. The number of nitrogens with one attached hydrogen (secondary N) is 1. The molecule has 0 saturated carbocycles. The van der Waals surface area contributed by atoms with Gasteiger partial charge in [0.25, 0.3) is 0 Å². The summed E-state index contributed by atoms with van der Waals surface area (Å²) < 4.78 is 28.1. The van der Waals surface area contributed by atoms with Gasteiger partial charge in [-0.3, -0.25) is 0 Å². The van der Waals surface area contributed by atoms with Crippen LogP contribution in [0, 0.1) is 0 Å². The van der Waals surface area contributed by atoms with E-state index in [4.69, 9.17) is 0 Å². The van der Waals surface area contributed by atoms with Crippen LogP contribution in [0.1, 0.15) is 12.8 Å². The van der Waals surface area contributed by atoms with E-state index < -0.39 is 10.0 Å². The van der Waals surface area contributed by atoms with E-state index in [0.717, 1.165) is 23.9 Å². The average Bonchev–Trinajstić information content (AvgIpc) is 2.41. The van der Waals surface area contributed by atoms with Gasteiger partial charge in [0.05, 0.1) is 4.90 Å². The van der Waals surface area contributed by atoms with Crippen LogP contribution in [0.4, 0.5) is 0 Å². The lowest BCUT2D eigenvalue weighted by Gasteiger charge is -2.31. The fraction of sp³-hybridized carbons (Fsp3) is 0.500. The Labute approximate surface area is 130 Å². The summed E-state index contributed by atoms with van der Waals surface area (Å²) in [6.45, 7) is 1.67. The van der Waals surface area contributed by atoms with Crippen molar-refractivity contribution in [2.45, 2.75) is 23.8 Å². The minimum Gasteiger partial charge on any atom is -0.315 e. The summed E-state index contributed by atoms with van der Waals surface area (Å²) in [4.78, 5) is 0.301. The van der Waals surface area contributed by atoms with E-state index in [1.54, 1.807) is 19.2 Å². The predicted molar refractivity (Wildman–Crippen MR) is 82.7 cm³/mol. The summed E-state index contributed by atoms with van der Waals surface area (Å²) in [6.07, 6.45) is 1.90. The number of benzene rings is 1. The number of rotatable bonds is 3. The molecule has 1 heterocycles. The zero-order valence-corrected chi connectivity index (χ0v) is 14.6. The standard InChI is InChI=1S/C12H16Br2N2O2S/c1-16(10-3-2-6-15-8-10)19(17,18)12-7-9(13)4-5-11(12)14/h4-5,7,10,15H,2-3,6,8H2,1H3. The molecule has 1 fully saturated rings. The highest BCUT2D eigenvalue weighted by atomic mass is 79.9. The maximum absolute atomic E-state index is 12.7. The van der Waals surface area contributed by atoms with Crippen LogP contribution in [-0.4, -0.2) is 38.9 Å². The summed E-state index contributed by atoms with van der Waals surface area (Å²) in [7, 11) is -1.82. The van der Waals surface area contributed by atoms with E-state index in [0.29, 0.717) is 15.9 Å². The van der Waals surface area contributed by atoms with E-state index in [9.17, 15) is 8.42 Å². The van der Waals surface area contributed by atoms with E-state index in [-0.39, 0.29) is 6.04 Å². The molecule has 1 aliphatic rings. The highest BCUT2D eigenvalue weighted by molar-refractivity contribution is 9.11. The smallest absolute Gasteiger partial charge is 0.244 e. The van der Waals surface area contributed by atoms with Gasteiger partial charge in [-0.2, -0.15) is 4.31 Å². The number of sulfonamides is 1. The molecule has 0 bridgehead atoms. The van der Waals surface area contributed by atoms with Crippen molar-refractivity contribution in [3.63, 3.8) is 0 Å². The molecular formula is C12H16Br2N2O2S. The molecule has 1 aromatic carbocycles. The Kier molecular flexibility index (Phi) is 5.05. The molecule has 1 N–H and O–H groups in total. The van der Waals surface area contributed by atoms with Gasteiger partial charge >= 0.3 is 0 Å². The van der Waals surface area contributed by atoms with Crippen molar-refractivity contribution < 1.29 is 8.42 Å². The molecule has 1 saturated heterocycles. The van der Waals surface area contributed by atoms with Gasteiger partial charge in [0, 0.05) is 28.6 Å². The molecule has 1 atom stereocenters. The van der Waals surface area contributed by atoms with Crippen LogP contribution < -0.4 is 5.32 Å². The first-order valence-electron chi connectivity index (χ1n) is 6.07. The van der Waals surface area contributed by atoms with Crippen molar-refractivity contribution in [3.05, 3.63) is 27.1 Å². The first kappa shape index (κ1) is 15.4. The summed E-state index contributed by atoms with van der Waals surface area (Å²) >= 11 is 6.63. The Balaban J connectivity index is 2.33. The molecule has 0 radical (unpaired) electrons. The lowest BCUT2D eigenvalue weighted by atomic mass is 10.1. The fourth-order valence-electron chi connectivity index (χ4n) is 2.17. The molecule has 1 unspecified atom stereocenters. The normalized spacial score (nSPS) is 20.7. The number of halogens is 2. The molecule has 4 nitrogen and oxygen atoms in total. The first-order valence-corrected chi connectivity index (χ1v) is 9.09. The molecule has 0 spiro atoms. The van der Waals surface area contributed by atoms with Crippen molar-refractivity contribution >= 4 is 41.9 Å². The third-order valence-electron chi connectivity index (χ3n) is 3.34. The van der Waals surface area contributed by atoms with Crippen LogP contribution in [0.3, 0.4) is 0 Å². The van der Waals surface area contributed by atoms with Gasteiger partial charge in [0.1, 0.15) is 0 Å². The van der Waals surface area contributed by atoms with Gasteiger partial charge in [0.15, 0.2) is 0 Å². The maximum Gasteiger partial charge on any atom is 0.244 e. The van der Waals surface area contributed by atoms with Gasteiger partial charge in [-0.1, -0.05) is 15.9 Å². The van der Waals surface area contributed by atoms with Crippen LogP contribution in [0.15, 0.2) is 32.0 Å². The van der Waals surface area contributed by atoms with E-state index in [1.165, 1.54) is 4.31 Å². The lowest BCUT2D eigenvalue weighted by Crippen LogP contribution is -2.46. The van der Waals surface area contributed by atoms with E-state index >= 15 is 0 Å². The SMILES string of the molecule is CN(C1CCCNC1)S(=O)(=O)c1cc(Br)ccc1Br. The number of nitrogens with zero attached hydrogens (tertiary/aromatic N) is 1. The monoisotopic (exact) mass is 410 g/mol. The van der Waals surface area contributed by atoms with Gasteiger partial charge in [-0.25, -0.2) is 8.42 Å². The van der Waals surface area contributed by atoms with Crippen molar-refractivity contribution in [2.24, 2.45) is 0 Å². The first-order chi connectivity index (χ1) is 8.93. The quantitative estimate of drug-likeness (QED) is 0.831. The van der Waals surface area contributed by atoms with Crippen LogP contribution in [0.5, 0.6) is 0 Å². The second kappa shape index (κ2) is 6.22. The van der Waals surface area contributed by atoms with Gasteiger partial charge in [-0.05, 0) is 53.5 Å². The fourth-order valence-corrected chi connectivity index (χ4v) is 5.02. The minimum absolute atomic E-state index is 0.0182. The Hall–Kier alpha value is 0.0500. The topological polar surface area (TPSA) is 49.4 Å². The van der Waals surface area contributed by atoms with E-state index in [1.807, 2.05) is 6.07 Å². The zero-order chi connectivity index (χ0) is 14.0. The molecular weight excluding hydrogens is 396 g/mol. The third kappa shape index (κ3) is 3.39. The van der Waals surface area contributed by atoms with Gasteiger partial charge in [0.2, 0.25) is 10.0 Å². The van der Waals surface area contributed by atoms with Crippen molar-refractivity contribution in [1.82, 2.24) is 9.62 Å². The Bertz CT molecular complexity index is 557. The molecule has 1 aromatic rings. The van der Waals surface area contributed by atoms with Crippen LogP contribution in [-0.2, 0) is 10.0 Å².